The Bertz CT molecular complexity index is 370. The summed E-state index contributed by atoms with van der Waals surface area (Å²) in [5.41, 5.74) is 7.84. The Balaban J connectivity index is 1.99. The molecule has 0 saturated carbocycles. The lowest BCUT2D eigenvalue weighted by atomic mass is 10.2. The standard InChI is InChI=1S/C12H17ClN2O/c1-16-11-4-5-15(8-11)7-9-2-3-10(13)6-12(9)14/h2-3,6,11H,4-5,7-8,14H2,1H3. The molecule has 1 aromatic rings. The summed E-state index contributed by atoms with van der Waals surface area (Å²) in [6, 6.07) is 5.69. The molecule has 1 fully saturated rings. The highest BCUT2D eigenvalue weighted by atomic mass is 35.5. The lowest BCUT2D eigenvalue weighted by Crippen LogP contribution is -2.22. The SMILES string of the molecule is COC1CCN(Cc2ccc(Cl)cc2N)C1. The molecule has 1 aromatic carbocycles. The summed E-state index contributed by atoms with van der Waals surface area (Å²) in [6.45, 7) is 2.93. The van der Waals surface area contributed by atoms with Crippen molar-refractivity contribution in [1.82, 2.24) is 4.90 Å². The number of halogens is 1. The van der Waals surface area contributed by atoms with E-state index in [0.29, 0.717) is 11.1 Å². The predicted octanol–water partition coefficient (Wildman–Crippen LogP) is 2.14. The van der Waals surface area contributed by atoms with Gasteiger partial charge in [-0.05, 0) is 24.1 Å². The number of rotatable bonds is 3. The van der Waals surface area contributed by atoms with E-state index < -0.39 is 0 Å². The molecule has 1 aliphatic heterocycles. The third-order valence-electron chi connectivity index (χ3n) is 3.06. The van der Waals surface area contributed by atoms with Crippen LogP contribution in [0.3, 0.4) is 0 Å². The minimum atomic E-state index is 0.369. The first-order valence-electron chi connectivity index (χ1n) is 5.48. The van der Waals surface area contributed by atoms with Crippen molar-refractivity contribution in [2.75, 3.05) is 25.9 Å². The average molecular weight is 241 g/mol. The smallest absolute Gasteiger partial charge is 0.0710 e. The molecule has 1 saturated heterocycles. The molecular weight excluding hydrogens is 224 g/mol. The minimum Gasteiger partial charge on any atom is -0.398 e. The number of nitrogens with two attached hydrogens (primary N) is 1. The first-order chi connectivity index (χ1) is 7.69. The molecule has 0 amide bonds. The van der Waals surface area contributed by atoms with Crippen molar-refractivity contribution in [3.8, 4) is 0 Å². The number of methoxy groups -OCH3 is 1. The highest BCUT2D eigenvalue weighted by Crippen LogP contribution is 2.22. The Morgan fingerprint density at radius 3 is 3.00 bits per heavy atom. The van der Waals surface area contributed by atoms with Gasteiger partial charge in [0.1, 0.15) is 0 Å². The van der Waals surface area contributed by atoms with Gasteiger partial charge in [-0.3, -0.25) is 4.90 Å². The molecule has 0 bridgehead atoms. The monoisotopic (exact) mass is 240 g/mol. The van der Waals surface area contributed by atoms with Crippen molar-refractivity contribution in [3.05, 3.63) is 28.8 Å². The maximum absolute atomic E-state index is 5.92. The second-order valence-electron chi connectivity index (χ2n) is 4.22. The van der Waals surface area contributed by atoms with Gasteiger partial charge >= 0.3 is 0 Å². The van der Waals surface area contributed by atoms with E-state index in [9.17, 15) is 0 Å². The van der Waals surface area contributed by atoms with E-state index in [1.54, 1.807) is 13.2 Å². The summed E-state index contributed by atoms with van der Waals surface area (Å²) in [4.78, 5) is 2.35. The van der Waals surface area contributed by atoms with E-state index in [4.69, 9.17) is 22.1 Å². The van der Waals surface area contributed by atoms with E-state index in [1.165, 1.54) is 0 Å². The Kier molecular flexibility index (Phi) is 3.69. The average Bonchev–Trinajstić information content (AvgIpc) is 2.70. The van der Waals surface area contributed by atoms with Crippen LogP contribution in [-0.2, 0) is 11.3 Å². The van der Waals surface area contributed by atoms with Crippen LogP contribution >= 0.6 is 11.6 Å². The number of nitrogens with zero attached hydrogens (tertiary/aromatic N) is 1. The normalized spacial score (nSPS) is 21.5. The van der Waals surface area contributed by atoms with Crippen molar-refractivity contribution < 1.29 is 4.74 Å². The van der Waals surface area contributed by atoms with Gasteiger partial charge in [-0.25, -0.2) is 0 Å². The Labute approximate surface area is 101 Å². The first-order valence-corrected chi connectivity index (χ1v) is 5.86. The quantitative estimate of drug-likeness (QED) is 0.823. The van der Waals surface area contributed by atoms with Gasteiger partial charge in [-0.15, -0.1) is 0 Å². The molecule has 16 heavy (non-hydrogen) atoms. The maximum atomic E-state index is 5.92. The summed E-state index contributed by atoms with van der Waals surface area (Å²) in [5.74, 6) is 0. The highest BCUT2D eigenvalue weighted by Gasteiger charge is 2.22. The summed E-state index contributed by atoms with van der Waals surface area (Å²) in [6.07, 6.45) is 1.47. The van der Waals surface area contributed by atoms with Crippen LogP contribution in [0.1, 0.15) is 12.0 Å². The second-order valence-corrected chi connectivity index (χ2v) is 4.66. The van der Waals surface area contributed by atoms with Crippen LogP contribution in [0.4, 0.5) is 5.69 Å². The number of nitrogen functional groups attached to an aromatic ring is 1. The third-order valence-corrected chi connectivity index (χ3v) is 3.30. The molecule has 0 aromatic heterocycles. The fourth-order valence-electron chi connectivity index (χ4n) is 2.08. The van der Waals surface area contributed by atoms with E-state index in [2.05, 4.69) is 4.90 Å². The maximum Gasteiger partial charge on any atom is 0.0710 e. The van der Waals surface area contributed by atoms with Crippen molar-refractivity contribution >= 4 is 17.3 Å². The number of hydrogen-bond donors (Lipinski definition) is 1. The molecule has 0 aliphatic carbocycles. The van der Waals surface area contributed by atoms with Crippen molar-refractivity contribution in [1.29, 1.82) is 0 Å². The lowest BCUT2D eigenvalue weighted by Gasteiger charge is -2.16. The first kappa shape index (κ1) is 11.7. The van der Waals surface area contributed by atoms with Crippen LogP contribution in [0.25, 0.3) is 0 Å². The number of anilines is 1. The van der Waals surface area contributed by atoms with Crippen LogP contribution in [0.15, 0.2) is 18.2 Å². The Hall–Kier alpha value is -0.770. The zero-order valence-corrected chi connectivity index (χ0v) is 10.2. The van der Waals surface area contributed by atoms with Gasteiger partial charge in [-0.1, -0.05) is 17.7 Å². The van der Waals surface area contributed by atoms with Crippen LogP contribution in [0.2, 0.25) is 5.02 Å². The molecule has 0 radical (unpaired) electrons. The van der Waals surface area contributed by atoms with Gasteiger partial charge in [0, 0.05) is 37.5 Å². The highest BCUT2D eigenvalue weighted by molar-refractivity contribution is 6.30. The van der Waals surface area contributed by atoms with Crippen molar-refractivity contribution in [3.63, 3.8) is 0 Å². The second kappa shape index (κ2) is 5.04. The van der Waals surface area contributed by atoms with Crippen LogP contribution in [0.5, 0.6) is 0 Å². The van der Waals surface area contributed by atoms with Gasteiger partial charge in [0.15, 0.2) is 0 Å². The summed E-state index contributed by atoms with van der Waals surface area (Å²) >= 11 is 5.87. The Morgan fingerprint density at radius 2 is 2.38 bits per heavy atom. The summed E-state index contributed by atoms with van der Waals surface area (Å²) in [7, 11) is 1.77. The molecule has 2 N–H and O–H groups in total. The van der Waals surface area contributed by atoms with E-state index in [-0.39, 0.29) is 0 Å². The summed E-state index contributed by atoms with van der Waals surface area (Å²) in [5, 5.41) is 0.692. The molecule has 1 atom stereocenters. The molecule has 0 spiro atoms. The number of likely N-dealkylation sites (tertiary alicyclic amines) is 1. The van der Waals surface area contributed by atoms with Crippen LogP contribution in [0, 0.1) is 0 Å². The van der Waals surface area contributed by atoms with Crippen LogP contribution < -0.4 is 5.73 Å². The molecule has 1 heterocycles. The van der Waals surface area contributed by atoms with Gasteiger partial charge < -0.3 is 10.5 Å². The Morgan fingerprint density at radius 1 is 1.56 bits per heavy atom. The fraction of sp³-hybridized carbons (Fsp3) is 0.500. The van der Waals surface area contributed by atoms with Crippen LogP contribution in [-0.4, -0.2) is 31.2 Å². The van der Waals surface area contributed by atoms with E-state index in [0.717, 1.165) is 37.3 Å². The van der Waals surface area contributed by atoms with Gasteiger partial charge in [0.05, 0.1) is 6.10 Å². The van der Waals surface area contributed by atoms with Gasteiger partial charge in [0.25, 0.3) is 0 Å². The zero-order valence-electron chi connectivity index (χ0n) is 9.45. The third kappa shape index (κ3) is 2.67. The predicted molar refractivity (Wildman–Crippen MR) is 66.6 cm³/mol. The molecule has 1 aliphatic rings. The minimum absolute atomic E-state index is 0.369. The largest absolute Gasteiger partial charge is 0.398 e. The summed E-state index contributed by atoms with van der Waals surface area (Å²) < 4.78 is 5.33. The van der Waals surface area contributed by atoms with Crippen molar-refractivity contribution in [2.45, 2.75) is 19.1 Å². The van der Waals surface area contributed by atoms with E-state index >= 15 is 0 Å². The molecule has 88 valence electrons. The molecule has 4 heteroatoms. The molecule has 2 rings (SSSR count). The molecular formula is C12H17ClN2O. The number of hydrogen-bond acceptors (Lipinski definition) is 3. The van der Waals surface area contributed by atoms with Gasteiger partial charge in [0.2, 0.25) is 0 Å². The van der Waals surface area contributed by atoms with Crippen molar-refractivity contribution in [2.24, 2.45) is 0 Å². The van der Waals surface area contributed by atoms with Gasteiger partial charge in [-0.2, -0.15) is 0 Å². The topological polar surface area (TPSA) is 38.5 Å². The van der Waals surface area contributed by atoms with E-state index in [1.807, 2.05) is 12.1 Å². The molecule has 1 unspecified atom stereocenters. The fourth-order valence-corrected chi connectivity index (χ4v) is 2.26. The number of benzene rings is 1. The zero-order chi connectivity index (χ0) is 11.5. The molecule has 3 nitrogen and oxygen atoms in total. The number of ether oxygens (including phenoxy) is 1. The lowest BCUT2D eigenvalue weighted by molar-refractivity contribution is 0.107.